The van der Waals surface area contributed by atoms with E-state index in [-0.39, 0.29) is 5.75 Å². The summed E-state index contributed by atoms with van der Waals surface area (Å²) in [6.07, 6.45) is 0.477. The predicted octanol–water partition coefficient (Wildman–Crippen LogP) is 4.53. The van der Waals surface area contributed by atoms with Gasteiger partial charge in [0.05, 0.1) is 18.0 Å². The largest absolute Gasteiger partial charge is 0.503 e. The third-order valence-corrected chi connectivity index (χ3v) is 4.96. The molecule has 0 saturated carbocycles. The average molecular weight is 370 g/mol. The first-order valence-corrected chi connectivity index (χ1v) is 8.67. The van der Waals surface area contributed by atoms with Crippen LogP contribution in [0.25, 0.3) is 16.8 Å². The summed E-state index contributed by atoms with van der Waals surface area (Å²) in [4.78, 5) is 11.8. The number of aromatic hydroxyl groups is 1. The van der Waals surface area contributed by atoms with E-state index in [0.29, 0.717) is 10.7 Å². The molecule has 1 atom stereocenters. The normalized spacial score (nSPS) is 12.2. The highest BCUT2D eigenvalue weighted by Crippen LogP contribution is 2.32. The number of rotatable bonds is 3. The van der Waals surface area contributed by atoms with Crippen molar-refractivity contribution in [2.75, 3.05) is 0 Å². The Morgan fingerprint density at radius 2 is 1.81 bits per heavy atom. The monoisotopic (exact) mass is 369 g/mol. The summed E-state index contributed by atoms with van der Waals surface area (Å²) in [7, 11) is 0. The van der Waals surface area contributed by atoms with Crippen molar-refractivity contribution in [3.05, 3.63) is 80.7 Å². The van der Waals surface area contributed by atoms with Crippen LogP contribution in [0.2, 0.25) is 5.02 Å². The van der Waals surface area contributed by atoms with Gasteiger partial charge in [0.1, 0.15) is 0 Å². The van der Waals surface area contributed by atoms with Crippen molar-refractivity contribution in [2.45, 2.75) is 26.9 Å². The van der Waals surface area contributed by atoms with Crippen LogP contribution in [-0.2, 0) is 0 Å². The fourth-order valence-corrected chi connectivity index (χ4v) is 3.21. The van der Waals surface area contributed by atoms with E-state index in [4.69, 9.17) is 11.6 Å². The maximum atomic E-state index is 11.8. The molecule has 0 amide bonds. The van der Waals surface area contributed by atoms with Crippen LogP contribution in [0.1, 0.15) is 29.8 Å². The van der Waals surface area contributed by atoms with Gasteiger partial charge in [-0.3, -0.25) is 4.79 Å². The lowest BCUT2D eigenvalue weighted by molar-refractivity contribution is 0.191. The highest BCUT2D eigenvalue weighted by atomic mass is 35.5. The molecule has 0 aliphatic rings. The summed E-state index contributed by atoms with van der Waals surface area (Å²) in [6, 6.07) is 12.8. The average Bonchev–Trinajstić information content (AvgIpc) is 2.60. The number of aliphatic hydroxyl groups excluding tert-OH is 1. The Bertz CT molecular complexity index is 1040. The number of pyridine rings is 1. The van der Waals surface area contributed by atoms with Crippen molar-refractivity contribution in [3.8, 4) is 22.6 Å². The van der Waals surface area contributed by atoms with E-state index in [1.165, 1.54) is 12.3 Å². The molecule has 2 aromatic carbocycles. The summed E-state index contributed by atoms with van der Waals surface area (Å²) in [6.45, 7) is 5.56. The Hall–Kier alpha value is -2.56. The molecule has 0 bridgehead atoms. The van der Waals surface area contributed by atoms with Crippen molar-refractivity contribution >= 4 is 11.6 Å². The molecule has 3 rings (SSSR count). The van der Waals surface area contributed by atoms with Gasteiger partial charge in [-0.25, -0.2) is 0 Å². The Kier molecular flexibility index (Phi) is 4.90. The minimum absolute atomic E-state index is 0.365. The zero-order chi connectivity index (χ0) is 19.0. The minimum atomic E-state index is -0.860. The van der Waals surface area contributed by atoms with Crippen molar-refractivity contribution in [3.63, 3.8) is 0 Å². The van der Waals surface area contributed by atoms with E-state index < -0.39 is 11.5 Å². The highest BCUT2D eigenvalue weighted by molar-refractivity contribution is 6.31. The number of hydrogen-bond donors (Lipinski definition) is 2. The zero-order valence-electron chi connectivity index (χ0n) is 14.8. The molecule has 2 N–H and O–H groups in total. The van der Waals surface area contributed by atoms with Crippen LogP contribution >= 0.6 is 11.6 Å². The lowest BCUT2D eigenvalue weighted by Crippen LogP contribution is -2.13. The standard InChI is InChI=1S/C21H20ClNO3/c1-12-7-8-15(9-17(12)16-5-4-6-18(22)13(16)2)23-11-21(26)20(25)10-19(23)14(3)24/h4-11,14,24,26H,1-3H3. The molecule has 0 radical (unpaired) electrons. The number of aliphatic hydroxyl groups is 1. The van der Waals surface area contributed by atoms with Crippen LogP contribution in [0.4, 0.5) is 0 Å². The number of nitrogens with zero attached hydrogens (tertiary/aromatic N) is 1. The van der Waals surface area contributed by atoms with E-state index in [9.17, 15) is 15.0 Å². The number of aromatic nitrogens is 1. The molecule has 1 heterocycles. The summed E-state index contributed by atoms with van der Waals surface area (Å²) in [5.41, 5.74) is 4.69. The Morgan fingerprint density at radius 3 is 2.50 bits per heavy atom. The first kappa shape index (κ1) is 18.2. The quantitative estimate of drug-likeness (QED) is 0.712. The molecule has 4 nitrogen and oxygen atoms in total. The molecule has 0 aliphatic heterocycles. The molecule has 3 aromatic rings. The van der Waals surface area contributed by atoms with Crippen LogP contribution < -0.4 is 5.43 Å². The van der Waals surface area contributed by atoms with Gasteiger partial charge in [0.2, 0.25) is 5.43 Å². The second-order valence-electron chi connectivity index (χ2n) is 6.41. The van der Waals surface area contributed by atoms with Gasteiger partial charge in [-0.2, -0.15) is 0 Å². The molecule has 134 valence electrons. The first-order valence-electron chi connectivity index (χ1n) is 8.29. The Balaban J connectivity index is 2.25. The summed E-state index contributed by atoms with van der Waals surface area (Å²) >= 11 is 6.27. The van der Waals surface area contributed by atoms with E-state index in [2.05, 4.69) is 0 Å². The van der Waals surface area contributed by atoms with E-state index >= 15 is 0 Å². The second-order valence-corrected chi connectivity index (χ2v) is 6.81. The molecular weight excluding hydrogens is 350 g/mol. The maximum Gasteiger partial charge on any atom is 0.223 e. The molecule has 0 saturated heterocycles. The highest BCUT2D eigenvalue weighted by Gasteiger charge is 2.14. The molecule has 0 aliphatic carbocycles. The van der Waals surface area contributed by atoms with E-state index in [1.54, 1.807) is 11.5 Å². The van der Waals surface area contributed by atoms with Gasteiger partial charge >= 0.3 is 0 Å². The van der Waals surface area contributed by atoms with Gasteiger partial charge < -0.3 is 14.8 Å². The number of aryl methyl sites for hydroxylation is 1. The first-order chi connectivity index (χ1) is 12.3. The van der Waals surface area contributed by atoms with Crippen LogP contribution in [0, 0.1) is 13.8 Å². The third kappa shape index (κ3) is 3.26. The summed E-state index contributed by atoms with van der Waals surface area (Å²) < 4.78 is 1.63. The fraction of sp³-hybridized carbons (Fsp3) is 0.190. The minimum Gasteiger partial charge on any atom is -0.503 e. The third-order valence-electron chi connectivity index (χ3n) is 4.55. The predicted molar refractivity (Wildman–Crippen MR) is 104 cm³/mol. The number of halogens is 1. The molecule has 0 fully saturated rings. The molecule has 26 heavy (non-hydrogen) atoms. The van der Waals surface area contributed by atoms with Crippen molar-refractivity contribution < 1.29 is 10.2 Å². The molecular formula is C21H20ClNO3. The topological polar surface area (TPSA) is 62.5 Å². The summed E-state index contributed by atoms with van der Waals surface area (Å²) in [5, 5.41) is 20.6. The van der Waals surface area contributed by atoms with Crippen LogP contribution in [0.15, 0.2) is 53.5 Å². The summed E-state index contributed by atoms with van der Waals surface area (Å²) in [5.74, 6) is -0.365. The number of benzene rings is 2. The molecule has 1 aromatic heterocycles. The van der Waals surface area contributed by atoms with E-state index in [0.717, 1.165) is 27.9 Å². The smallest absolute Gasteiger partial charge is 0.223 e. The van der Waals surface area contributed by atoms with Crippen molar-refractivity contribution in [1.29, 1.82) is 0 Å². The second kappa shape index (κ2) is 6.98. The van der Waals surface area contributed by atoms with Gasteiger partial charge in [-0.05, 0) is 61.2 Å². The van der Waals surface area contributed by atoms with Crippen LogP contribution in [0.5, 0.6) is 5.75 Å². The van der Waals surface area contributed by atoms with E-state index in [1.807, 2.05) is 50.2 Å². The molecule has 5 heteroatoms. The lowest BCUT2D eigenvalue weighted by atomic mass is 9.96. The van der Waals surface area contributed by atoms with Crippen LogP contribution in [0.3, 0.4) is 0 Å². The lowest BCUT2D eigenvalue weighted by Gasteiger charge is -2.18. The zero-order valence-corrected chi connectivity index (χ0v) is 15.6. The Morgan fingerprint density at radius 1 is 1.08 bits per heavy atom. The number of hydrogen-bond acceptors (Lipinski definition) is 3. The molecule has 0 spiro atoms. The van der Waals surface area contributed by atoms with Crippen LogP contribution in [-0.4, -0.2) is 14.8 Å². The fourth-order valence-electron chi connectivity index (χ4n) is 3.03. The van der Waals surface area contributed by atoms with Gasteiger partial charge in [0.15, 0.2) is 5.75 Å². The Labute approximate surface area is 156 Å². The maximum absolute atomic E-state index is 11.8. The van der Waals surface area contributed by atoms with Crippen molar-refractivity contribution in [2.24, 2.45) is 0 Å². The van der Waals surface area contributed by atoms with Gasteiger partial charge in [-0.15, -0.1) is 0 Å². The van der Waals surface area contributed by atoms with Crippen molar-refractivity contribution in [1.82, 2.24) is 4.57 Å². The molecule has 1 unspecified atom stereocenters. The van der Waals surface area contributed by atoms with Gasteiger partial charge in [0.25, 0.3) is 0 Å². The van der Waals surface area contributed by atoms with Gasteiger partial charge in [-0.1, -0.05) is 29.8 Å². The SMILES string of the molecule is Cc1ccc(-n2cc(O)c(=O)cc2C(C)O)cc1-c1cccc(Cl)c1C. The van der Waals surface area contributed by atoms with Gasteiger partial charge in [0, 0.05) is 16.8 Å².